The van der Waals surface area contributed by atoms with Gasteiger partial charge in [0.2, 0.25) is 0 Å². The van der Waals surface area contributed by atoms with Gasteiger partial charge in [-0.1, -0.05) is 64.5 Å². The van der Waals surface area contributed by atoms with Gasteiger partial charge < -0.3 is 4.74 Å². The highest BCUT2D eigenvalue weighted by Crippen LogP contribution is 2.62. The quantitative estimate of drug-likeness (QED) is 0.476. The molecule has 0 amide bonds. The van der Waals surface area contributed by atoms with Crippen LogP contribution in [-0.2, 0) is 21.4 Å². The van der Waals surface area contributed by atoms with Crippen LogP contribution in [0, 0.1) is 5.92 Å². The second-order valence-electron chi connectivity index (χ2n) is 6.48. The summed E-state index contributed by atoms with van der Waals surface area (Å²) in [6.07, 6.45) is 5.17. The molecule has 1 fully saturated rings. The largest absolute Gasteiger partial charge is 0.468 e. The lowest BCUT2D eigenvalue weighted by Crippen LogP contribution is -2.25. The Kier molecular flexibility index (Phi) is 5.43. The Morgan fingerprint density at radius 1 is 1.16 bits per heavy atom. The van der Waals surface area contributed by atoms with Crippen LogP contribution >= 0.6 is 15.9 Å². The van der Waals surface area contributed by atoms with Crippen molar-refractivity contribution in [2.24, 2.45) is 5.92 Å². The summed E-state index contributed by atoms with van der Waals surface area (Å²) in [5, 5.41) is 0. The van der Waals surface area contributed by atoms with E-state index in [1.54, 1.807) is 0 Å². The molecule has 0 bridgehead atoms. The van der Waals surface area contributed by atoms with Crippen LogP contribution in [0.1, 0.15) is 30.9 Å². The van der Waals surface area contributed by atoms with E-state index in [1.807, 2.05) is 37.3 Å². The molecule has 3 heteroatoms. The monoisotopic (exact) mass is 398 g/mol. The molecule has 2 atom stereocenters. The average Bonchev–Trinajstić information content (AvgIpc) is 3.31. The molecule has 2 nitrogen and oxygen atoms in total. The zero-order chi connectivity index (χ0) is 17.9. The summed E-state index contributed by atoms with van der Waals surface area (Å²) in [4.78, 5) is 12.7. The van der Waals surface area contributed by atoms with Crippen LogP contribution < -0.4 is 0 Å². The molecule has 0 N–H and O–H groups in total. The molecule has 2 aromatic carbocycles. The number of ether oxygens (including phenoxy) is 1. The van der Waals surface area contributed by atoms with E-state index in [1.165, 1.54) is 18.2 Å². The molecule has 3 rings (SSSR count). The third kappa shape index (κ3) is 3.30. The molecule has 0 aromatic heterocycles. The molecule has 1 aliphatic carbocycles. The van der Waals surface area contributed by atoms with Gasteiger partial charge >= 0.3 is 5.97 Å². The number of hydrogen-bond donors (Lipinski definition) is 0. The van der Waals surface area contributed by atoms with Crippen molar-refractivity contribution in [3.63, 3.8) is 0 Å². The summed E-state index contributed by atoms with van der Waals surface area (Å²) in [6.45, 7) is 2.02. The molecule has 1 aliphatic rings. The van der Waals surface area contributed by atoms with Gasteiger partial charge in [-0.3, -0.25) is 4.79 Å². The Hall–Kier alpha value is -1.87. The van der Waals surface area contributed by atoms with Crippen molar-refractivity contribution in [1.29, 1.82) is 0 Å². The van der Waals surface area contributed by atoms with Crippen molar-refractivity contribution in [2.75, 3.05) is 7.11 Å². The minimum atomic E-state index is -0.596. The topological polar surface area (TPSA) is 26.3 Å². The van der Waals surface area contributed by atoms with Crippen molar-refractivity contribution in [3.05, 3.63) is 81.8 Å². The van der Waals surface area contributed by atoms with E-state index in [0.29, 0.717) is 0 Å². The maximum absolute atomic E-state index is 12.7. The predicted octanol–water partition coefficient (Wildman–Crippen LogP) is 5.46. The first kappa shape index (κ1) is 17.9. The Morgan fingerprint density at radius 3 is 2.44 bits per heavy atom. The summed E-state index contributed by atoms with van der Waals surface area (Å²) in [7, 11) is 1.48. The van der Waals surface area contributed by atoms with Crippen molar-refractivity contribution < 1.29 is 9.53 Å². The number of allylic oxidation sites excluding steroid dienone is 1. The molecule has 0 radical (unpaired) electrons. The van der Waals surface area contributed by atoms with Gasteiger partial charge in [0.1, 0.15) is 5.41 Å². The highest BCUT2D eigenvalue weighted by molar-refractivity contribution is 9.10. The summed E-state index contributed by atoms with van der Waals surface area (Å²) in [6, 6.07) is 18.5. The number of esters is 1. The van der Waals surface area contributed by atoms with Crippen LogP contribution in [0.25, 0.3) is 0 Å². The first-order valence-corrected chi connectivity index (χ1v) is 9.49. The molecule has 1 saturated carbocycles. The lowest BCUT2D eigenvalue weighted by atomic mass is 9.91. The van der Waals surface area contributed by atoms with E-state index in [-0.39, 0.29) is 11.9 Å². The molecule has 0 heterocycles. The molecular weight excluding hydrogens is 376 g/mol. The second-order valence-corrected chi connectivity index (χ2v) is 7.40. The summed E-state index contributed by atoms with van der Waals surface area (Å²) < 4.78 is 6.21. The van der Waals surface area contributed by atoms with Crippen LogP contribution in [0.4, 0.5) is 0 Å². The fourth-order valence-electron chi connectivity index (χ4n) is 3.99. The first-order chi connectivity index (χ1) is 12.1. The highest BCUT2D eigenvalue weighted by Gasteiger charge is 2.66. The molecule has 0 saturated heterocycles. The number of benzene rings is 2. The normalized spacial score (nSPS) is 23.5. The third-order valence-corrected chi connectivity index (χ3v) is 5.72. The van der Waals surface area contributed by atoms with Crippen LogP contribution in [0.2, 0.25) is 0 Å². The van der Waals surface area contributed by atoms with Gasteiger partial charge in [0.25, 0.3) is 0 Å². The number of hydrogen-bond acceptors (Lipinski definition) is 2. The number of rotatable bonds is 6. The Bertz CT molecular complexity index is 764. The highest BCUT2D eigenvalue weighted by atomic mass is 79.9. The average molecular weight is 399 g/mol. The van der Waals surface area contributed by atoms with Crippen molar-refractivity contribution >= 4 is 21.9 Å². The third-order valence-electron chi connectivity index (χ3n) is 5.19. The van der Waals surface area contributed by atoms with Gasteiger partial charge in [0.05, 0.1) is 7.11 Å². The number of aryl methyl sites for hydroxylation is 1. The second kappa shape index (κ2) is 7.57. The van der Waals surface area contributed by atoms with Crippen LogP contribution in [-0.4, -0.2) is 13.1 Å². The number of halogens is 1. The van der Waals surface area contributed by atoms with Crippen LogP contribution in [0.5, 0.6) is 0 Å². The molecule has 25 heavy (non-hydrogen) atoms. The fraction of sp³-hybridized carbons (Fsp3) is 0.318. The number of methoxy groups -OCH3 is 1. The Morgan fingerprint density at radius 2 is 1.84 bits per heavy atom. The van der Waals surface area contributed by atoms with E-state index in [0.717, 1.165) is 29.3 Å². The maximum Gasteiger partial charge on any atom is 0.321 e. The minimum Gasteiger partial charge on any atom is -0.468 e. The van der Waals surface area contributed by atoms with Crippen molar-refractivity contribution in [3.8, 4) is 0 Å². The van der Waals surface area contributed by atoms with E-state index < -0.39 is 5.41 Å². The van der Waals surface area contributed by atoms with Gasteiger partial charge in [0, 0.05) is 10.4 Å². The molecule has 0 spiro atoms. The minimum absolute atomic E-state index is 0.146. The van der Waals surface area contributed by atoms with Gasteiger partial charge in [-0.15, -0.1) is 0 Å². The Balaban J connectivity index is 1.80. The smallest absolute Gasteiger partial charge is 0.321 e. The maximum atomic E-state index is 12.7. The molecular formula is C22H23BrO2. The van der Waals surface area contributed by atoms with E-state index in [9.17, 15) is 4.79 Å². The molecule has 0 aliphatic heterocycles. The first-order valence-electron chi connectivity index (χ1n) is 8.69. The number of carbonyl (C=O) groups excluding carboxylic acids is 1. The fourth-order valence-corrected chi connectivity index (χ4v) is 4.26. The van der Waals surface area contributed by atoms with Gasteiger partial charge in [-0.25, -0.2) is 0 Å². The van der Waals surface area contributed by atoms with Gasteiger partial charge in [-0.05, 0) is 55.0 Å². The van der Waals surface area contributed by atoms with E-state index in [4.69, 9.17) is 4.74 Å². The Labute approximate surface area is 158 Å². The number of carbonyl (C=O) groups is 1. The van der Waals surface area contributed by atoms with Crippen LogP contribution in [0.3, 0.4) is 0 Å². The van der Waals surface area contributed by atoms with Gasteiger partial charge in [-0.2, -0.15) is 0 Å². The molecule has 2 aromatic rings. The molecule has 1 unspecified atom stereocenters. The van der Waals surface area contributed by atoms with Crippen molar-refractivity contribution in [2.45, 2.75) is 31.6 Å². The van der Waals surface area contributed by atoms with Crippen molar-refractivity contribution in [1.82, 2.24) is 0 Å². The summed E-state index contributed by atoms with van der Waals surface area (Å²) in [5.74, 6) is 0.0856. The predicted molar refractivity (Wildman–Crippen MR) is 104 cm³/mol. The van der Waals surface area contributed by atoms with E-state index in [2.05, 4.69) is 46.3 Å². The molecule has 130 valence electrons. The summed E-state index contributed by atoms with van der Waals surface area (Å²) >= 11 is 3.47. The zero-order valence-corrected chi connectivity index (χ0v) is 16.3. The lowest BCUT2D eigenvalue weighted by Gasteiger charge is -2.15. The SMILES string of the molecule is C/C=C1/C(CCCc2ccccc2)[C@]1(C(=O)OC)c1ccc(Br)cc1. The zero-order valence-electron chi connectivity index (χ0n) is 14.7. The van der Waals surface area contributed by atoms with E-state index >= 15 is 0 Å². The van der Waals surface area contributed by atoms with Gasteiger partial charge in [0.15, 0.2) is 0 Å². The summed E-state index contributed by atoms with van der Waals surface area (Å²) in [5.41, 5.74) is 2.97. The lowest BCUT2D eigenvalue weighted by molar-refractivity contribution is -0.143. The van der Waals surface area contributed by atoms with Crippen LogP contribution in [0.15, 0.2) is 70.7 Å². The standard InChI is InChI=1S/C22H23BrO2/c1-3-19-20(11-7-10-16-8-5-4-6-9-16)22(19,21(24)25-2)17-12-14-18(23)15-13-17/h3-6,8-9,12-15,20H,7,10-11H2,1-2H3/b19-3-/t20?,22-/m0/s1.